The number of aliphatic hydroxyl groups is 4. The molecule has 2 atom stereocenters. The van der Waals surface area contributed by atoms with Gasteiger partial charge >= 0.3 is 5.97 Å². The molecular weight excluding hydrogens is 416 g/mol. The Labute approximate surface area is 175 Å². The lowest BCUT2D eigenvalue weighted by atomic mass is 10.1. The van der Waals surface area contributed by atoms with Crippen molar-refractivity contribution in [3.63, 3.8) is 0 Å². The molecule has 8 nitrogen and oxygen atoms in total. The number of cyclic esters (lactones) is 1. The van der Waals surface area contributed by atoms with E-state index >= 15 is 0 Å². The predicted molar refractivity (Wildman–Crippen MR) is 116 cm³/mol. The number of ether oxygens (including phenoxy) is 1. The first-order chi connectivity index (χ1) is 13.5. The average Bonchev–Trinajstić information content (AvgIpc) is 2.96. The molecule has 0 fully saturated rings. The Hall–Kier alpha value is -0.699. The number of carbonyl (C=O) groups excluding carboxylic acids is 1. The third-order valence-electron chi connectivity index (χ3n) is 4.32. The van der Waals surface area contributed by atoms with Crippen molar-refractivity contribution in [1.29, 1.82) is 0 Å². The van der Waals surface area contributed by atoms with Crippen molar-refractivity contribution in [2.75, 3.05) is 6.61 Å². The summed E-state index contributed by atoms with van der Waals surface area (Å²) in [7, 11) is 0.167. The second kappa shape index (κ2) is 18.3. The molecule has 0 aliphatic carbocycles. The fraction of sp³-hybridized carbons (Fsp3) is 0.824. The highest BCUT2D eigenvalue weighted by molar-refractivity contribution is 6.41. The van der Waals surface area contributed by atoms with E-state index in [2.05, 4.69) is 11.7 Å². The Morgan fingerprint density at radius 2 is 1.68 bits per heavy atom. The lowest BCUT2D eigenvalue weighted by Gasteiger charge is -2.13. The highest BCUT2D eigenvalue weighted by Crippen LogP contribution is 2.20. The fourth-order valence-electron chi connectivity index (χ4n) is 2.66. The molecule has 1 rings (SSSR count). The van der Waals surface area contributed by atoms with Gasteiger partial charge in [0.05, 0.1) is 6.61 Å². The van der Waals surface area contributed by atoms with Crippen LogP contribution in [0.5, 0.6) is 0 Å². The minimum atomic E-state index is -1.42. The van der Waals surface area contributed by atoms with Gasteiger partial charge in [0.25, 0.3) is 10.0 Å². The van der Waals surface area contributed by atoms with E-state index in [0.717, 1.165) is 10.5 Å². The number of hydrogen-bond donors (Lipinski definition) is 4. The van der Waals surface area contributed by atoms with Crippen LogP contribution in [0.15, 0.2) is 11.5 Å². The van der Waals surface area contributed by atoms with E-state index in [1.807, 2.05) is 0 Å². The molecule has 0 aromatic carbocycles. The Bertz CT molecular complexity index is 423. The second-order valence-corrected chi connectivity index (χ2v) is 12.1. The summed E-state index contributed by atoms with van der Waals surface area (Å²) >= 11 is 0. The summed E-state index contributed by atoms with van der Waals surface area (Å²) in [5.41, 5.74) is 0. The SMILES string of the molecule is CCCCCCCCCCC[SiH2]O[SiH2]O[SiH3].O=C1O[C@H]([C@@H](O)CO)C(O)=C1O. The van der Waals surface area contributed by atoms with Crippen LogP contribution in [0.25, 0.3) is 0 Å². The van der Waals surface area contributed by atoms with Crippen molar-refractivity contribution in [1.82, 2.24) is 0 Å². The number of rotatable bonds is 15. The normalized spacial score (nSPS) is 18.2. The molecule has 0 bridgehead atoms. The summed E-state index contributed by atoms with van der Waals surface area (Å²) in [6.45, 7) is 1.61. The zero-order valence-corrected chi connectivity index (χ0v) is 22.1. The molecule has 1 aliphatic heterocycles. The van der Waals surface area contributed by atoms with Crippen LogP contribution >= 0.6 is 0 Å². The van der Waals surface area contributed by atoms with E-state index in [9.17, 15) is 4.79 Å². The predicted octanol–water partition coefficient (Wildman–Crippen LogP) is -0.0757. The molecular formula is C17H38O8Si3. The van der Waals surface area contributed by atoms with E-state index in [-0.39, 0.29) is 9.76 Å². The van der Waals surface area contributed by atoms with Crippen LogP contribution in [-0.4, -0.2) is 75.5 Å². The Morgan fingerprint density at radius 1 is 1.11 bits per heavy atom. The van der Waals surface area contributed by atoms with Gasteiger partial charge in [0.1, 0.15) is 26.4 Å². The van der Waals surface area contributed by atoms with Gasteiger partial charge in [-0.1, -0.05) is 64.7 Å². The summed E-state index contributed by atoms with van der Waals surface area (Å²) in [5, 5.41) is 35.0. The molecule has 28 heavy (non-hydrogen) atoms. The van der Waals surface area contributed by atoms with Crippen LogP contribution in [0.4, 0.5) is 0 Å². The van der Waals surface area contributed by atoms with Crippen LogP contribution in [0.1, 0.15) is 64.7 Å². The lowest BCUT2D eigenvalue weighted by molar-refractivity contribution is -0.147. The molecule has 0 saturated carbocycles. The molecule has 0 radical (unpaired) electrons. The smallest absolute Gasteiger partial charge is 0.377 e. The highest BCUT2D eigenvalue weighted by atomic mass is 28.3. The first kappa shape index (κ1) is 27.3. The Morgan fingerprint density at radius 3 is 2.14 bits per heavy atom. The van der Waals surface area contributed by atoms with Gasteiger partial charge in [-0.05, 0) is 6.04 Å². The second-order valence-electron chi connectivity index (χ2n) is 6.81. The van der Waals surface area contributed by atoms with Gasteiger partial charge in [-0.2, -0.15) is 0 Å². The molecule has 0 amide bonds. The van der Waals surface area contributed by atoms with Crippen molar-refractivity contribution in [3.05, 3.63) is 11.5 Å². The standard InChI is InChI=1S/C11H30O2Si3.C6H8O6/c1-2-3-4-5-6-7-8-9-10-11-15-13-16-12-14;7-1-2(8)5-3(9)4(10)6(11)12-5/h2-11,15-16H2,1,14H3;2,5,7-10H,1H2/t;2-,5+/m.0/s1. The highest BCUT2D eigenvalue weighted by Gasteiger charge is 2.38. The fourth-order valence-corrected chi connectivity index (χ4v) is 6.67. The maximum Gasteiger partial charge on any atom is 0.377 e. The number of hydrogen-bond acceptors (Lipinski definition) is 8. The molecule has 0 saturated heterocycles. The van der Waals surface area contributed by atoms with E-state index in [0.29, 0.717) is 0 Å². The van der Waals surface area contributed by atoms with E-state index in [1.54, 1.807) is 0 Å². The summed E-state index contributed by atoms with van der Waals surface area (Å²) in [6, 6.07) is 1.37. The monoisotopic (exact) mass is 454 g/mol. The van der Waals surface area contributed by atoms with Crippen LogP contribution < -0.4 is 0 Å². The molecule has 4 N–H and O–H groups in total. The zero-order chi connectivity index (χ0) is 21.2. The van der Waals surface area contributed by atoms with Crippen molar-refractivity contribution >= 4 is 36.2 Å². The minimum absolute atomic E-state index is 0.192. The summed E-state index contributed by atoms with van der Waals surface area (Å²) in [6.07, 6.45) is 10.1. The van der Waals surface area contributed by atoms with Gasteiger partial charge in [-0.15, -0.1) is 0 Å². The van der Waals surface area contributed by atoms with Crippen molar-refractivity contribution in [2.24, 2.45) is 0 Å². The van der Waals surface area contributed by atoms with Gasteiger partial charge < -0.3 is 33.4 Å². The Balaban J connectivity index is 0.000000540. The third kappa shape index (κ3) is 12.7. The van der Waals surface area contributed by atoms with E-state index in [4.69, 9.17) is 28.7 Å². The largest absolute Gasteiger partial charge is 0.505 e. The zero-order valence-electron chi connectivity index (χ0n) is 17.3. The first-order valence-electron chi connectivity index (χ1n) is 10.2. The maximum absolute atomic E-state index is 10.5. The molecule has 1 heterocycles. The maximum atomic E-state index is 10.5. The number of esters is 1. The third-order valence-corrected chi connectivity index (χ3v) is 7.87. The van der Waals surface area contributed by atoms with Crippen molar-refractivity contribution in [2.45, 2.75) is 83.0 Å². The molecule has 0 unspecified atom stereocenters. The topological polar surface area (TPSA) is 126 Å². The number of unbranched alkanes of at least 4 members (excludes halogenated alkanes) is 8. The first-order valence-corrected chi connectivity index (χ1v) is 13.7. The quantitative estimate of drug-likeness (QED) is 0.154. The molecule has 0 aromatic heterocycles. The van der Waals surface area contributed by atoms with Gasteiger partial charge in [0.15, 0.2) is 11.9 Å². The van der Waals surface area contributed by atoms with Gasteiger partial charge in [-0.3, -0.25) is 0 Å². The van der Waals surface area contributed by atoms with Crippen LogP contribution in [0.2, 0.25) is 6.04 Å². The van der Waals surface area contributed by atoms with Crippen molar-refractivity contribution in [3.8, 4) is 0 Å². The Kier molecular flexibility index (Phi) is 17.9. The van der Waals surface area contributed by atoms with Crippen LogP contribution in [-0.2, 0) is 17.8 Å². The van der Waals surface area contributed by atoms with Gasteiger partial charge in [-0.25, -0.2) is 4.79 Å². The van der Waals surface area contributed by atoms with Crippen LogP contribution in [0, 0.1) is 0 Å². The molecule has 0 spiro atoms. The minimum Gasteiger partial charge on any atom is -0.505 e. The van der Waals surface area contributed by atoms with E-state index < -0.39 is 46.3 Å². The van der Waals surface area contributed by atoms with Crippen LogP contribution in [0.3, 0.4) is 0 Å². The van der Waals surface area contributed by atoms with Gasteiger partial charge in [0.2, 0.25) is 5.76 Å². The summed E-state index contributed by atoms with van der Waals surface area (Å²) in [4.78, 5) is 10.5. The average molecular weight is 455 g/mol. The van der Waals surface area contributed by atoms with E-state index in [1.165, 1.54) is 63.8 Å². The van der Waals surface area contributed by atoms with Gasteiger partial charge in [0, 0.05) is 0 Å². The summed E-state index contributed by atoms with van der Waals surface area (Å²) < 4.78 is 15.0. The van der Waals surface area contributed by atoms with Crippen molar-refractivity contribution < 1.29 is 38.2 Å². The molecule has 1 aliphatic rings. The summed E-state index contributed by atoms with van der Waals surface area (Å²) in [5.74, 6) is -2.78. The lowest BCUT2D eigenvalue weighted by Crippen LogP contribution is -2.31. The molecule has 0 aromatic rings. The molecule has 11 heteroatoms. The number of aliphatic hydroxyl groups excluding tert-OH is 4. The molecule has 166 valence electrons. The number of carbonyl (C=O) groups is 1.